The van der Waals surface area contributed by atoms with Gasteiger partial charge >= 0.3 is 0 Å². The van der Waals surface area contributed by atoms with Gasteiger partial charge in [0.2, 0.25) is 0 Å². The molecule has 4 nitrogen and oxygen atoms in total. The standard InChI is InChI=1S/C27H28N2O2S/c1-30-25-19-20(13-15-23(29-17-7-8-18-29)21-9-3-2-4-10-21)14-16-24(25)31-27-28-22-11-5-6-12-26(22)32-27/h2-6,9-12,14,16,19,23H,7-8,13,15,17-18H2,1H3. The fraction of sp³-hybridized carbons (Fsp3) is 0.296. The third-order valence-corrected chi connectivity index (χ3v) is 7.09. The second-order valence-electron chi connectivity index (χ2n) is 8.24. The Hall–Kier alpha value is -2.89. The summed E-state index contributed by atoms with van der Waals surface area (Å²) in [5.41, 5.74) is 3.63. The molecule has 5 rings (SSSR count). The number of fused-ring (bicyclic) bond motifs is 1. The molecule has 0 spiro atoms. The van der Waals surface area contributed by atoms with Crippen molar-refractivity contribution >= 4 is 21.6 Å². The van der Waals surface area contributed by atoms with Crippen LogP contribution in [-0.4, -0.2) is 30.1 Å². The van der Waals surface area contributed by atoms with Gasteiger partial charge in [0.05, 0.1) is 17.3 Å². The second-order valence-corrected chi connectivity index (χ2v) is 9.24. The summed E-state index contributed by atoms with van der Waals surface area (Å²) in [6.45, 7) is 2.38. The van der Waals surface area contributed by atoms with Crippen LogP contribution in [0.3, 0.4) is 0 Å². The van der Waals surface area contributed by atoms with Gasteiger partial charge < -0.3 is 9.47 Å². The number of nitrogens with zero attached hydrogens (tertiary/aromatic N) is 2. The van der Waals surface area contributed by atoms with E-state index in [1.54, 1.807) is 18.4 Å². The molecule has 1 unspecified atom stereocenters. The topological polar surface area (TPSA) is 34.6 Å². The van der Waals surface area contributed by atoms with Crippen LogP contribution in [0.2, 0.25) is 0 Å². The minimum absolute atomic E-state index is 0.461. The number of rotatable bonds is 8. The molecule has 5 heteroatoms. The number of methoxy groups -OCH3 is 1. The first-order valence-electron chi connectivity index (χ1n) is 11.3. The zero-order valence-electron chi connectivity index (χ0n) is 18.4. The Balaban J connectivity index is 1.31. The van der Waals surface area contributed by atoms with Crippen LogP contribution in [0.15, 0.2) is 72.8 Å². The molecule has 1 aliphatic rings. The average molecular weight is 445 g/mol. The van der Waals surface area contributed by atoms with Gasteiger partial charge in [0.25, 0.3) is 5.19 Å². The van der Waals surface area contributed by atoms with E-state index < -0.39 is 0 Å². The Labute approximate surface area is 193 Å². The van der Waals surface area contributed by atoms with Crippen molar-refractivity contribution in [1.29, 1.82) is 0 Å². The molecule has 32 heavy (non-hydrogen) atoms. The summed E-state index contributed by atoms with van der Waals surface area (Å²) in [5, 5.41) is 0.635. The summed E-state index contributed by atoms with van der Waals surface area (Å²) in [4.78, 5) is 7.21. The molecule has 4 aromatic rings. The maximum absolute atomic E-state index is 6.09. The van der Waals surface area contributed by atoms with Gasteiger partial charge in [-0.15, -0.1) is 0 Å². The monoisotopic (exact) mass is 444 g/mol. The largest absolute Gasteiger partial charge is 0.493 e. The van der Waals surface area contributed by atoms with Crippen molar-refractivity contribution < 1.29 is 9.47 Å². The van der Waals surface area contributed by atoms with E-state index in [0.717, 1.165) is 28.8 Å². The number of thiazole rings is 1. The third-order valence-electron chi connectivity index (χ3n) is 6.17. The predicted molar refractivity (Wildman–Crippen MR) is 131 cm³/mol. The van der Waals surface area contributed by atoms with Gasteiger partial charge in [-0.3, -0.25) is 4.90 Å². The number of hydrogen-bond acceptors (Lipinski definition) is 5. The first-order chi connectivity index (χ1) is 15.8. The van der Waals surface area contributed by atoms with Crippen molar-refractivity contribution in [2.75, 3.05) is 20.2 Å². The van der Waals surface area contributed by atoms with Crippen LogP contribution in [0, 0.1) is 0 Å². The first-order valence-corrected chi connectivity index (χ1v) is 12.1. The van der Waals surface area contributed by atoms with E-state index in [2.05, 4.69) is 58.4 Å². The molecule has 164 valence electrons. The van der Waals surface area contributed by atoms with Crippen LogP contribution in [0.1, 0.15) is 36.4 Å². The van der Waals surface area contributed by atoms with Crippen molar-refractivity contribution in [3.8, 4) is 16.7 Å². The van der Waals surface area contributed by atoms with E-state index in [-0.39, 0.29) is 0 Å². The van der Waals surface area contributed by atoms with E-state index in [0.29, 0.717) is 17.0 Å². The zero-order valence-corrected chi connectivity index (χ0v) is 19.2. The highest BCUT2D eigenvalue weighted by Gasteiger charge is 2.23. The van der Waals surface area contributed by atoms with Gasteiger partial charge in [-0.25, -0.2) is 4.98 Å². The normalized spacial score (nSPS) is 15.2. The lowest BCUT2D eigenvalue weighted by atomic mass is 9.97. The van der Waals surface area contributed by atoms with Gasteiger partial charge in [-0.05, 0) is 74.2 Å². The van der Waals surface area contributed by atoms with Gasteiger partial charge in [-0.2, -0.15) is 0 Å². The highest BCUT2D eigenvalue weighted by molar-refractivity contribution is 7.20. The number of hydrogen-bond donors (Lipinski definition) is 0. The Kier molecular flexibility index (Phi) is 6.37. The van der Waals surface area contributed by atoms with E-state index in [1.165, 1.54) is 37.1 Å². The lowest BCUT2D eigenvalue weighted by Crippen LogP contribution is -2.26. The lowest BCUT2D eigenvalue weighted by Gasteiger charge is -2.28. The molecule has 1 fully saturated rings. The number of ether oxygens (including phenoxy) is 2. The average Bonchev–Trinajstić information content (AvgIpc) is 3.50. The lowest BCUT2D eigenvalue weighted by molar-refractivity contribution is 0.233. The summed E-state index contributed by atoms with van der Waals surface area (Å²) in [6.07, 6.45) is 4.68. The summed E-state index contributed by atoms with van der Waals surface area (Å²) in [5.74, 6) is 1.45. The van der Waals surface area contributed by atoms with Crippen LogP contribution < -0.4 is 9.47 Å². The van der Waals surface area contributed by atoms with Crippen LogP contribution >= 0.6 is 11.3 Å². The molecule has 3 aromatic carbocycles. The van der Waals surface area contributed by atoms with Crippen LogP contribution in [0.4, 0.5) is 0 Å². The minimum atomic E-state index is 0.461. The SMILES string of the molecule is COc1cc(CCC(c2ccccc2)N2CCCC2)ccc1Oc1nc2ccccc2s1. The number of aryl methyl sites for hydroxylation is 1. The molecular formula is C27H28N2O2S. The van der Waals surface area contributed by atoms with Gasteiger partial charge in [0, 0.05) is 6.04 Å². The first kappa shape index (κ1) is 21.0. The fourth-order valence-electron chi connectivity index (χ4n) is 4.53. The third kappa shape index (κ3) is 4.64. The van der Waals surface area contributed by atoms with E-state index >= 15 is 0 Å². The molecule has 2 heterocycles. The molecule has 1 aliphatic heterocycles. The summed E-state index contributed by atoms with van der Waals surface area (Å²) >= 11 is 1.55. The van der Waals surface area contributed by atoms with Crippen molar-refractivity contribution in [3.63, 3.8) is 0 Å². The second kappa shape index (κ2) is 9.72. The maximum atomic E-state index is 6.09. The fourth-order valence-corrected chi connectivity index (χ4v) is 5.36. The summed E-state index contributed by atoms with van der Waals surface area (Å²) < 4.78 is 12.9. The summed E-state index contributed by atoms with van der Waals surface area (Å²) in [7, 11) is 1.70. The molecular weight excluding hydrogens is 416 g/mol. The van der Waals surface area contributed by atoms with Gasteiger partial charge in [0.1, 0.15) is 0 Å². The van der Waals surface area contributed by atoms with Crippen LogP contribution in [0.5, 0.6) is 16.7 Å². The van der Waals surface area contributed by atoms with Crippen LogP contribution in [-0.2, 0) is 6.42 Å². The number of para-hydroxylation sites is 1. The highest BCUT2D eigenvalue weighted by Crippen LogP contribution is 2.37. The quantitative estimate of drug-likeness (QED) is 0.297. The number of aromatic nitrogens is 1. The van der Waals surface area contributed by atoms with Gasteiger partial charge in [0.15, 0.2) is 11.5 Å². The highest BCUT2D eigenvalue weighted by atomic mass is 32.1. The van der Waals surface area contributed by atoms with Crippen LogP contribution in [0.25, 0.3) is 10.2 Å². The van der Waals surface area contributed by atoms with Gasteiger partial charge in [-0.1, -0.05) is 59.9 Å². The van der Waals surface area contributed by atoms with E-state index in [9.17, 15) is 0 Å². The summed E-state index contributed by atoms with van der Waals surface area (Å²) in [6, 6.07) is 25.7. The maximum Gasteiger partial charge on any atom is 0.279 e. The Morgan fingerprint density at radius 3 is 2.50 bits per heavy atom. The smallest absolute Gasteiger partial charge is 0.279 e. The predicted octanol–water partition coefficient (Wildman–Crippen LogP) is 6.87. The number of likely N-dealkylation sites (tertiary alicyclic amines) is 1. The van der Waals surface area contributed by atoms with Crippen molar-refractivity contribution in [2.24, 2.45) is 0 Å². The molecule has 1 saturated heterocycles. The Morgan fingerprint density at radius 2 is 1.72 bits per heavy atom. The zero-order chi connectivity index (χ0) is 21.8. The molecule has 0 radical (unpaired) electrons. The van der Waals surface area contributed by atoms with E-state index in [1.807, 2.05) is 24.3 Å². The molecule has 1 atom stereocenters. The Morgan fingerprint density at radius 1 is 0.938 bits per heavy atom. The molecule has 1 aromatic heterocycles. The minimum Gasteiger partial charge on any atom is -0.493 e. The van der Waals surface area contributed by atoms with Crippen molar-refractivity contribution in [3.05, 3.63) is 83.9 Å². The molecule has 0 saturated carbocycles. The van der Waals surface area contributed by atoms with E-state index in [4.69, 9.17) is 9.47 Å². The molecule has 0 bridgehead atoms. The Bertz CT molecular complexity index is 1140. The molecule has 0 N–H and O–H groups in total. The molecule has 0 amide bonds. The van der Waals surface area contributed by atoms with Crippen molar-refractivity contribution in [1.82, 2.24) is 9.88 Å². The molecule has 0 aliphatic carbocycles. The van der Waals surface area contributed by atoms with Crippen molar-refractivity contribution in [2.45, 2.75) is 31.7 Å². The number of benzene rings is 3.